The van der Waals surface area contributed by atoms with Crippen LogP contribution in [0.25, 0.3) is 0 Å². The van der Waals surface area contributed by atoms with Crippen molar-refractivity contribution in [3.05, 3.63) is 0 Å². The lowest BCUT2D eigenvalue weighted by Crippen LogP contribution is -2.00. The van der Waals surface area contributed by atoms with Crippen LogP contribution in [0, 0.1) is 0 Å². The molecule has 1 unspecified atom stereocenters. The van der Waals surface area contributed by atoms with Crippen molar-refractivity contribution in [3.63, 3.8) is 0 Å². The average molecular weight is 172 g/mol. The van der Waals surface area contributed by atoms with Gasteiger partial charge >= 0.3 is 0 Å². The predicted octanol–water partition coefficient (Wildman–Crippen LogP) is -0.569. The van der Waals surface area contributed by atoms with Gasteiger partial charge in [-0.25, -0.2) is 0 Å². The summed E-state index contributed by atoms with van der Waals surface area (Å²) >= 11 is -2.61. The Kier molecular flexibility index (Phi) is 11.4. The molecular formula is C4H12O5S. The first kappa shape index (κ1) is 12.6. The van der Waals surface area contributed by atoms with Gasteiger partial charge in [-0.15, -0.1) is 0 Å². The molecule has 0 saturated carbocycles. The molecule has 0 heterocycles. The number of hydrogen-bond donors (Lipinski definition) is 4. The van der Waals surface area contributed by atoms with Gasteiger partial charge in [-0.2, -0.15) is 4.21 Å². The minimum atomic E-state index is -2.61. The second-order valence-electron chi connectivity index (χ2n) is 1.59. The molecule has 0 fully saturated rings. The molecule has 10 heavy (non-hydrogen) atoms. The second kappa shape index (κ2) is 8.99. The third-order valence-electron chi connectivity index (χ3n) is 0.547. The lowest BCUT2D eigenvalue weighted by atomic mass is 10.3. The average Bonchev–Trinajstić information content (AvgIpc) is 1.62. The lowest BCUT2D eigenvalue weighted by molar-refractivity contribution is 0.148. The number of hydrogen-bond acceptors (Lipinski definition) is 3. The Morgan fingerprint density at radius 3 is 1.80 bits per heavy atom. The molecule has 0 bridgehead atoms. The molecule has 1 atom stereocenters. The van der Waals surface area contributed by atoms with Crippen molar-refractivity contribution < 1.29 is 23.5 Å². The fourth-order valence-corrected chi connectivity index (χ4v) is 0.187. The standard InChI is InChI=1S/C4H10O2.H2O3S/c1-4(6)2-3-5;1-4(2)3/h4-6H,2-3H2,1H3;(H2,1,2,3). The zero-order chi connectivity index (χ0) is 8.57. The SMILES string of the molecule is CC(O)CCO.O=S(O)O. The minimum Gasteiger partial charge on any atom is -0.396 e. The van der Waals surface area contributed by atoms with Crippen LogP contribution in [-0.4, -0.2) is 36.2 Å². The Morgan fingerprint density at radius 1 is 1.50 bits per heavy atom. The Bertz CT molecular complexity index is 79.7. The van der Waals surface area contributed by atoms with Crippen LogP contribution in [0.1, 0.15) is 13.3 Å². The Labute approximate surface area is 61.8 Å². The highest BCUT2D eigenvalue weighted by Crippen LogP contribution is 1.83. The maximum Gasteiger partial charge on any atom is 0.299 e. The summed E-state index contributed by atoms with van der Waals surface area (Å²) in [4.78, 5) is 0. The highest BCUT2D eigenvalue weighted by molar-refractivity contribution is 7.73. The van der Waals surface area contributed by atoms with Gasteiger partial charge in [0.15, 0.2) is 0 Å². The Hall–Kier alpha value is -0.0100. The van der Waals surface area contributed by atoms with Crippen LogP contribution in [-0.2, 0) is 11.4 Å². The Morgan fingerprint density at radius 2 is 1.80 bits per heavy atom. The molecule has 6 heteroatoms. The highest BCUT2D eigenvalue weighted by atomic mass is 32.2. The van der Waals surface area contributed by atoms with Crippen molar-refractivity contribution in [2.24, 2.45) is 0 Å². The molecule has 0 aliphatic carbocycles. The summed E-state index contributed by atoms with van der Waals surface area (Å²) in [5, 5.41) is 16.5. The normalized spacial score (nSPS) is 12.2. The van der Waals surface area contributed by atoms with Crippen molar-refractivity contribution in [2.75, 3.05) is 6.61 Å². The first-order chi connectivity index (χ1) is 4.50. The second-order valence-corrected chi connectivity index (χ2v) is 2.05. The van der Waals surface area contributed by atoms with E-state index in [0.29, 0.717) is 6.42 Å². The summed E-state index contributed by atoms with van der Waals surface area (Å²) in [5.74, 6) is 0. The number of aliphatic hydroxyl groups excluding tert-OH is 2. The zero-order valence-electron chi connectivity index (χ0n) is 5.60. The molecule has 0 aromatic carbocycles. The minimum absolute atomic E-state index is 0.0810. The molecule has 0 amide bonds. The van der Waals surface area contributed by atoms with Gasteiger partial charge in [-0.05, 0) is 13.3 Å². The van der Waals surface area contributed by atoms with Gasteiger partial charge in [0.05, 0.1) is 6.10 Å². The first-order valence-corrected chi connectivity index (χ1v) is 3.66. The summed E-state index contributed by atoms with van der Waals surface area (Å²) < 4.78 is 22.8. The van der Waals surface area contributed by atoms with Crippen molar-refractivity contribution in [2.45, 2.75) is 19.4 Å². The van der Waals surface area contributed by atoms with Gasteiger partial charge in [0.25, 0.3) is 11.4 Å². The van der Waals surface area contributed by atoms with Gasteiger partial charge in [-0.3, -0.25) is 9.11 Å². The monoisotopic (exact) mass is 172 g/mol. The summed E-state index contributed by atoms with van der Waals surface area (Å²) in [6, 6.07) is 0. The molecule has 0 aromatic rings. The zero-order valence-corrected chi connectivity index (χ0v) is 6.41. The summed E-state index contributed by atoms with van der Waals surface area (Å²) in [6.45, 7) is 1.73. The van der Waals surface area contributed by atoms with Crippen molar-refractivity contribution in [3.8, 4) is 0 Å². The van der Waals surface area contributed by atoms with Crippen LogP contribution in [0.5, 0.6) is 0 Å². The molecule has 4 N–H and O–H groups in total. The quantitative estimate of drug-likeness (QED) is 0.418. The molecule has 64 valence electrons. The van der Waals surface area contributed by atoms with Gasteiger partial charge in [0.1, 0.15) is 0 Å². The molecule has 0 saturated heterocycles. The van der Waals surface area contributed by atoms with E-state index in [1.807, 2.05) is 0 Å². The number of rotatable bonds is 2. The first-order valence-electron chi connectivity index (χ1n) is 2.59. The molecule has 5 nitrogen and oxygen atoms in total. The molecule has 0 rings (SSSR count). The third-order valence-corrected chi connectivity index (χ3v) is 0.547. The van der Waals surface area contributed by atoms with E-state index in [9.17, 15) is 0 Å². The van der Waals surface area contributed by atoms with E-state index in [2.05, 4.69) is 0 Å². The van der Waals surface area contributed by atoms with Crippen LogP contribution in [0.4, 0.5) is 0 Å². The van der Waals surface area contributed by atoms with Crippen molar-refractivity contribution >= 4 is 11.4 Å². The highest BCUT2D eigenvalue weighted by Gasteiger charge is 1.88. The van der Waals surface area contributed by atoms with E-state index < -0.39 is 11.4 Å². The molecule has 0 aliphatic heterocycles. The number of aliphatic hydroxyl groups is 2. The van der Waals surface area contributed by atoms with E-state index in [-0.39, 0.29) is 12.7 Å². The maximum absolute atomic E-state index is 8.67. The fraction of sp³-hybridized carbons (Fsp3) is 1.00. The smallest absolute Gasteiger partial charge is 0.299 e. The summed E-state index contributed by atoms with van der Waals surface area (Å²) in [5.41, 5.74) is 0. The van der Waals surface area contributed by atoms with Crippen molar-refractivity contribution in [1.82, 2.24) is 0 Å². The van der Waals surface area contributed by atoms with E-state index in [4.69, 9.17) is 23.5 Å². The summed E-state index contributed by atoms with van der Waals surface area (Å²) in [6.07, 6.45) is 0.134. The third kappa shape index (κ3) is 43.7. The van der Waals surface area contributed by atoms with Crippen LogP contribution in [0.3, 0.4) is 0 Å². The largest absolute Gasteiger partial charge is 0.396 e. The fourth-order valence-electron chi connectivity index (χ4n) is 0.187. The molecule has 0 spiro atoms. The predicted molar refractivity (Wildman–Crippen MR) is 36.8 cm³/mol. The van der Waals surface area contributed by atoms with E-state index in [0.717, 1.165) is 0 Å². The van der Waals surface area contributed by atoms with Gasteiger partial charge < -0.3 is 10.2 Å². The van der Waals surface area contributed by atoms with Crippen LogP contribution in [0.2, 0.25) is 0 Å². The van der Waals surface area contributed by atoms with Crippen LogP contribution >= 0.6 is 0 Å². The van der Waals surface area contributed by atoms with Crippen LogP contribution in [0.15, 0.2) is 0 Å². The van der Waals surface area contributed by atoms with E-state index in [1.54, 1.807) is 6.92 Å². The van der Waals surface area contributed by atoms with Gasteiger partial charge in [-0.1, -0.05) is 0 Å². The van der Waals surface area contributed by atoms with E-state index in [1.165, 1.54) is 0 Å². The maximum atomic E-state index is 8.67. The summed E-state index contributed by atoms with van der Waals surface area (Å²) in [7, 11) is 0. The van der Waals surface area contributed by atoms with Gasteiger partial charge in [0, 0.05) is 6.61 Å². The lowest BCUT2D eigenvalue weighted by Gasteiger charge is -1.95. The molecule has 0 aliphatic rings. The molecule has 0 aromatic heterocycles. The van der Waals surface area contributed by atoms with E-state index >= 15 is 0 Å². The van der Waals surface area contributed by atoms with Crippen molar-refractivity contribution in [1.29, 1.82) is 0 Å². The topological polar surface area (TPSA) is 98.0 Å². The van der Waals surface area contributed by atoms with Gasteiger partial charge in [0.2, 0.25) is 0 Å². The molecule has 0 radical (unpaired) electrons. The van der Waals surface area contributed by atoms with Crippen LogP contribution < -0.4 is 0 Å². The Balaban J connectivity index is 0. The molecular weight excluding hydrogens is 160 g/mol.